The lowest BCUT2D eigenvalue weighted by Crippen LogP contribution is -2.15. The molecule has 0 aliphatic carbocycles. The molecule has 2 aromatic carbocycles. The van der Waals surface area contributed by atoms with Gasteiger partial charge in [0.1, 0.15) is 11.3 Å². The van der Waals surface area contributed by atoms with Gasteiger partial charge in [-0.2, -0.15) is 0 Å². The van der Waals surface area contributed by atoms with Crippen molar-refractivity contribution in [3.05, 3.63) is 64.2 Å². The van der Waals surface area contributed by atoms with E-state index in [0.717, 1.165) is 0 Å². The lowest BCUT2D eigenvalue weighted by molar-refractivity contribution is -0.384. The van der Waals surface area contributed by atoms with Crippen molar-refractivity contribution in [2.45, 2.75) is 4.90 Å². The van der Waals surface area contributed by atoms with Crippen LogP contribution < -0.4 is 16.2 Å². The number of anilines is 2. The van der Waals surface area contributed by atoms with Crippen LogP contribution in [0, 0.1) is 10.1 Å². The van der Waals surface area contributed by atoms with E-state index in [9.17, 15) is 23.3 Å². The minimum Gasteiger partial charge on any atom is -0.367 e. The lowest BCUT2D eigenvalue weighted by atomic mass is 10.0. The Kier molecular flexibility index (Phi) is 4.81. The van der Waals surface area contributed by atoms with E-state index in [-0.39, 0.29) is 39.0 Å². The van der Waals surface area contributed by atoms with Crippen molar-refractivity contribution in [2.24, 2.45) is 5.14 Å². The van der Waals surface area contributed by atoms with Crippen molar-refractivity contribution < 1.29 is 22.7 Å². The Bertz CT molecular complexity index is 1170. The largest absolute Gasteiger partial charge is 0.367 e. The van der Waals surface area contributed by atoms with Gasteiger partial charge in [0.2, 0.25) is 15.9 Å². The smallest absolute Gasteiger partial charge is 0.278 e. The highest BCUT2D eigenvalue weighted by Crippen LogP contribution is 2.34. The number of aromatic nitrogens is 1. The SMILES string of the molecule is Nc1onc(-c2ccccc2[N+](=O)[O-])c1C(=O)Nc1ccc(S(N)(=O)=O)cc1. The highest BCUT2D eigenvalue weighted by Gasteiger charge is 2.27. The molecule has 1 heterocycles. The maximum Gasteiger partial charge on any atom is 0.278 e. The number of sulfonamides is 1. The number of rotatable bonds is 5. The molecule has 144 valence electrons. The van der Waals surface area contributed by atoms with Gasteiger partial charge in [-0.15, -0.1) is 0 Å². The van der Waals surface area contributed by atoms with Crippen LogP contribution in [0.15, 0.2) is 57.9 Å². The van der Waals surface area contributed by atoms with Crippen LogP contribution in [-0.4, -0.2) is 24.4 Å². The molecule has 0 bridgehead atoms. The molecule has 12 heteroatoms. The van der Waals surface area contributed by atoms with E-state index in [2.05, 4.69) is 10.5 Å². The number of hydrogen-bond donors (Lipinski definition) is 3. The highest BCUT2D eigenvalue weighted by molar-refractivity contribution is 7.89. The predicted molar refractivity (Wildman–Crippen MR) is 98.8 cm³/mol. The fraction of sp³-hybridized carbons (Fsp3) is 0. The molecule has 1 aromatic heterocycles. The molecule has 0 radical (unpaired) electrons. The van der Waals surface area contributed by atoms with Gasteiger partial charge in [-0.25, -0.2) is 13.6 Å². The Hall–Kier alpha value is -3.77. The van der Waals surface area contributed by atoms with Crippen LogP contribution in [0.2, 0.25) is 0 Å². The number of hydrogen-bond acceptors (Lipinski definition) is 8. The van der Waals surface area contributed by atoms with Crippen molar-refractivity contribution in [1.82, 2.24) is 5.16 Å². The molecule has 28 heavy (non-hydrogen) atoms. The molecule has 3 aromatic rings. The number of carbonyl (C=O) groups excluding carboxylic acids is 1. The first-order valence-corrected chi connectivity index (χ1v) is 9.16. The summed E-state index contributed by atoms with van der Waals surface area (Å²) < 4.78 is 27.4. The summed E-state index contributed by atoms with van der Waals surface area (Å²) in [6.07, 6.45) is 0. The summed E-state index contributed by atoms with van der Waals surface area (Å²) in [7, 11) is -3.88. The molecule has 0 atom stereocenters. The molecule has 11 nitrogen and oxygen atoms in total. The minimum atomic E-state index is -3.88. The Morgan fingerprint density at radius 3 is 2.39 bits per heavy atom. The number of nitrogen functional groups attached to an aromatic ring is 1. The molecular formula is C16H13N5O6S. The van der Waals surface area contributed by atoms with Gasteiger partial charge >= 0.3 is 0 Å². The van der Waals surface area contributed by atoms with Crippen molar-refractivity contribution in [3.8, 4) is 11.3 Å². The molecular weight excluding hydrogens is 390 g/mol. The maximum absolute atomic E-state index is 12.6. The van der Waals surface area contributed by atoms with E-state index in [0.29, 0.717) is 0 Å². The highest BCUT2D eigenvalue weighted by atomic mass is 32.2. The fourth-order valence-corrected chi connectivity index (χ4v) is 2.98. The Morgan fingerprint density at radius 2 is 1.79 bits per heavy atom. The van der Waals surface area contributed by atoms with Gasteiger partial charge in [-0.1, -0.05) is 17.3 Å². The average Bonchev–Trinajstić information content (AvgIpc) is 3.03. The van der Waals surface area contributed by atoms with E-state index in [1.165, 1.54) is 42.5 Å². The van der Waals surface area contributed by atoms with Crippen molar-refractivity contribution in [3.63, 3.8) is 0 Å². The second-order valence-corrected chi connectivity index (χ2v) is 7.13. The number of benzene rings is 2. The summed E-state index contributed by atoms with van der Waals surface area (Å²) in [4.78, 5) is 23.1. The van der Waals surface area contributed by atoms with E-state index < -0.39 is 20.9 Å². The first-order chi connectivity index (χ1) is 13.2. The lowest BCUT2D eigenvalue weighted by Gasteiger charge is -2.07. The zero-order valence-electron chi connectivity index (χ0n) is 14.0. The molecule has 5 N–H and O–H groups in total. The van der Waals surface area contributed by atoms with Gasteiger partial charge in [-0.05, 0) is 30.3 Å². The number of nitro benzene ring substituents is 1. The van der Waals surface area contributed by atoms with Crippen molar-refractivity contribution in [1.29, 1.82) is 0 Å². The number of nitrogens with two attached hydrogens (primary N) is 2. The number of nitrogens with one attached hydrogen (secondary N) is 1. The molecule has 0 saturated heterocycles. The molecule has 0 spiro atoms. The molecule has 0 unspecified atom stereocenters. The summed E-state index contributed by atoms with van der Waals surface area (Å²) in [5, 5.41) is 22.4. The second kappa shape index (κ2) is 7.09. The number of nitro groups is 1. The van der Waals surface area contributed by atoms with E-state index in [4.69, 9.17) is 15.4 Å². The van der Waals surface area contributed by atoms with Gasteiger partial charge in [0, 0.05) is 11.8 Å². The first-order valence-electron chi connectivity index (χ1n) is 7.61. The van der Waals surface area contributed by atoms with Crippen LogP contribution >= 0.6 is 0 Å². The van der Waals surface area contributed by atoms with Crippen molar-refractivity contribution in [2.75, 3.05) is 11.1 Å². The van der Waals surface area contributed by atoms with Crippen LogP contribution in [0.5, 0.6) is 0 Å². The Labute approximate surface area is 158 Å². The van der Waals surface area contributed by atoms with Gasteiger partial charge < -0.3 is 15.6 Å². The molecule has 1 amide bonds. The van der Waals surface area contributed by atoms with Crippen LogP contribution in [0.4, 0.5) is 17.3 Å². The van der Waals surface area contributed by atoms with Crippen molar-refractivity contribution >= 4 is 33.2 Å². The fourth-order valence-electron chi connectivity index (χ4n) is 2.46. The van der Waals surface area contributed by atoms with Crippen LogP contribution in [0.25, 0.3) is 11.3 Å². The standard InChI is InChI=1S/C16H13N5O6S/c17-15-13(14(20-27-15)11-3-1-2-4-12(11)21(23)24)16(22)19-9-5-7-10(8-6-9)28(18,25)26/h1-8H,17H2,(H,19,22)(H2,18,25,26). The molecule has 0 aliphatic heterocycles. The molecule has 0 saturated carbocycles. The Morgan fingerprint density at radius 1 is 1.14 bits per heavy atom. The second-order valence-electron chi connectivity index (χ2n) is 5.57. The normalized spacial score (nSPS) is 11.2. The van der Waals surface area contributed by atoms with Gasteiger partial charge in [0.25, 0.3) is 11.6 Å². The predicted octanol–water partition coefficient (Wildman–Crippen LogP) is 1.73. The molecule has 3 rings (SSSR count). The zero-order chi connectivity index (χ0) is 20.5. The summed E-state index contributed by atoms with van der Waals surface area (Å²) in [5.41, 5.74) is 5.43. The van der Waals surface area contributed by atoms with Crippen LogP contribution in [-0.2, 0) is 10.0 Å². The topological polar surface area (TPSA) is 184 Å². The number of nitrogens with zero attached hydrogens (tertiary/aromatic N) is 2. The van der Waals surface area contributed by atoms with Gasteiger partial charge in [-0.3, -0.25) is 14.9 Å². The maximum atomic E-state index is 12.6. The van der Waals surface area contributed by atoms with E-state index in [1.807, 2.05) is 0 Å². The van der Waals surface area contributed by atoms with Gasteiger partial charge in [0.15, 0.2) is 0 Å². The Balaban J connectivity index is 1.96. The third-order valence-corrected chi connectivity index (χ3v) is 4.67. The summed E-state index contributed by atoms with van der Waals surface area (Å²) in [6, 6.07) is 10.8. The minimum absolute atomic E-state index is 0.0580. The third kappa shape index (κ3) is 3.67. The summed E-state index contributed by atoms with van der Waals surface area (Å²) in [6.45, 7) is 0. The van der Waals surface area contributed by atoms with E-state index >= 15 is 0 Å². The number of amides is 1. The van der Waals surface area contributed by atoms with Gasteiger partial charge in [0.05, 0.1) is 15.4 Å². The number of primary sulfonamides is 1. The molecule has 0 aliphatic rings. The quantitative estimate of drug-likeness (QED) is 0.424. The van der Waals surface area contributed by atoms with Crippen LogP contribution in [0.3, 0.4) is 0 Å². The zero-order valence-corrected chi connectivity index (χ0v) is 14.8. The molecule has 0 fully saturated rings. The van der Waals surface area contributed by atoms with E-state index in [1.54, 1.807) is 6.07 Å². The monoisotopic (exact) mass is 403 g/mol. The number of para-hydroxylation sites is 1. The first kappa shape index (κ1) is 19.0. The van der Waals surface area contributed by atoms with Crippen LogP contribution in [0.1, 0.15) is 10.4 Å². The summed E-state index contributed by atoms with van der Waals surface area (Å²) in [5.74, 6) is -1.07. The average molecular weight is 403 g/mol. The summed E-state index contributed by atoms with van der Waals surface area (Å²) >= 11 is 0. The number of carbonyl (C=O) groups is 1. The third-order valence-electron chi connectivity index (χ3n) is 3.74.